The number of methoxy groups -OCH3 is 1. The summed E-state index contributed by atoms with van der Waals surface area (Å²) in [5, 5.41) is 0. The average Bonchev–Trinajstić information content (AvgIpc) is 3.13. The van der Waals surface area contributed by atoms with Gasteiger partial charge in [-0.05, 0) is 41.0 Å². The van der Waals surface area contributed by atoms with E-state index in [0.717, 1.165) is 16.9 Å². The second-order valence-electron chi connectivity index (χ2n) is 10.3. The van der Waals surface area contributed by atoms with E-state index in [-0.39, 0.29) is 23.4 Å². The Morgan fingerprint density at radius 3 is 2.49 bits per heavy atom. The van der Waals surface area contributed by atoms with Crippen molar-refractivity contribution in [2.45, 2.75) is 44.7 Å². The van der Waals surface area contributed by atoms with Gasteiger partial charge in [-0.1, -0.05) is 39.0 Å². The molecule has 1 atom stereocenters. The minimum Gasteiger partial charge on any atom is -0.496 e. The molecular weight excluding hydrogens is 504 g/mol. The summed E-state index contributed by atoms with van der Waals surface area (Å²) in [7, 11) is -2.15. The van der Waals surface area contributed by atoms with Crippen molar-refractivity contribution in [2.24, 2.45) is 0 Å². The van der Waals surface area contributed by atoms with Crippen molar-refractivity contribution in [1.82, 2.24) is 14.3 Å². The van der Waals surface area contributed by atoms with E-state index >= 15 is 8.78 Å². The number of aryl methyl sites for hydroxylation is 1. The first-order chi connectivity index (χ1) is 17.1. The molecule has 0 spiro atoms. The van der Waals surface area contributed by atoms with Crippen LogP contribution in [0.4, 0.5) is 8.78 Å². The third-order valence-corrected chi connectivity index (χ3v) is 7.24. The number of sulfonamides is 1. The largest absolute Gasteiger partial charge is 0.496 e. The topological polar surface area (TPSA) is 110 Å². The molecule has 0 saturated carbocycles. The number of benzene rings is 2. The zero-order chi connectivity index (χ0) is 27.3. The summed E-state index contributed by atoms with van der Waals surface area (Å²) in [5.41, 5.74) is -1.78. The van der Waals surface area contributed by atoms with Crippen LogP contribution in [-0.2, 0) is 27.5 Å². The quantitative estimate of drug-likeness (QED) is 0.505. The van der Waals surface area contributed by atoms with Crippen LogP contribution in [0.15, 0.2) is 46.1 Å². The number of ether oxygens (including phenoxy) is 1. The maximum absolute atomic E-state index is 16.2. The number of nitrogens with one attached hydrogen (secondary N) is 2. The van der Waals surface area contributed by atoms with Crippen LogP contribution >= 0.6 is 0 Å². The number of H-pyrrole nitrogens is 1. The van der Waals surface area contributed by atoms with Crippen LogP contribution in [0.3, 0.4) is 0 Å². The summed E-state index contributed by atoms with van der Waals surface area (Å²) >= 11 is 0. The van der Waals surface area contributed by atoms with Gasteiger partial charge in [-0.25, -0.2) is 26.7 Å². The fourth-order valence-corrected chi connectivity index (χ4v) is 5.22. The molecule has 0 bridgehead atoms. The summed E-state index contributed by atoms with van der Waals surface area (Å²) < 4.78 is 63.9. The average molecular weight is 534 g/mol. The highest BCUT2D eigenvalue weighted by Gasteiger charge is 2.40. The van der Waals surface area contributed by atoms with E-state index in [1.165, 1.54) is 25.4 Å². The van der Waals surface area contributed by atoms with Crippen molar-refractivity contribution in [3.8, 4) is 22.6 Å². The molecule has 11 heteroatoms. The number of hydrogen-bond acceptors (Lipinski definition) is 5. The number of nitrogens with zero attached hydrogens (tertiary/aromatic N) is 1. The second-order valence-corrected chi connectivity index (χ2v) is 12.2. The number of aromatic amines is 1. The van der Waals surface area contributed by atoms with Gasteiger partial charge in [0.1, 0.15) is 11.4 Å². The second kappa shape index (κ2) is 9.21. The highest BCUT2D eigenvalue weighted by atomic mass is 32.2. The molecule has 0 fully saturated rings. The molecule has 1 unspecified atom stereocenters. The molecule has 4 rings (SSSR count). The number of hydrogen-bond donors (Lipinski definition) is 2. The van der Waals surface area contributed by atoms with Crippen molar-refractivity contribution in [3.63, 3.8) is 0 Å². The van der Waals surface area contributed by atoms with Crippen LogP contribution in [-0.4, -0.2) is 37.9 Å². The Morgan fingerprint density at radius 1 is 1.19 bits per heavy atom. The lowest BCUT2D eigenvalue weighted by Gasteiger charge is -2.26. The van der Waals surface area contributed by atoms with Crippen LogP contribution < -0.4 is 20.7 Å². The molecule has 2 aromatic carbocycles. The smallest absolute Gasteiger partial charge is 0.333 e. The van der Waals surface area contributed by atoms with E-state index in [1.807, 2.05) is 20.8 Å². The first-order valence-corrected chi connectivity index (χ1v) is 13.5. The molecular formula is C26H29F2N3O5S. The van der Waals surface area contributed by atoms with Crippen molar-refractivity contribution in [3.05, 3.63) is 79.9 Å². The molecule has 198 valence electrons. The molecule has 1 aromatic heterocycles. The lowest BCUT2D eigenvalue weighted by atomic mass is 9.83. The van der Waals surface area contributed by atoms with E-state index in [9.17, 15) is 18.0 Å². The normalized spacial score (nSPS) is 17.6. The fourth-order valence-electron chi connectivity index (χ4n) is 4.73. The summed E-state index contributed by atoms with van der Waals surface area (Å²) in [5.74, 6) is -0.475. The van der Waals surface area contributed by atoms with Crippen LogP contribution in [0.1, 0.15) is 43.9 Å². The van der Waals surface area contributed by atoms with Gasteiger partial charge in [0.05, 0.1) is 24.6 Å². The van der Waals surface area contributed by atoms with Gasteiger partial charge in [-0.2, -0.15) is 0 Å². The number of aromatic nitrogens is 2. The third kappa shape index (κ3) is 5.10. The van der Waals surface area contributed by atoms with Crippen molar-refractivity contribution in [1.29, 1.82) is 0 Å². The van der Waals surface area contributed by atoms with Gasteiger partial charge in [0, 0.05) is 24.4 Å². The molecule has 37 heavy (non-hydrogen) atoms. The van der Waals surface area contributed by atoms with Gasteiger partial charge >= 0.3 is 5.69 Å². The van der Waals surface area contributed by atoms with Crippen LogP contribution in [0.2, 0.25) is 0 Å². The Morgan fingerprint density at radius 2 is 1.89 bits per heavy atom. The van der Waals surface area contributed by atoms with E-state index in [1.54, 1.807) is 12.1 Å². The van der Waals surface area contributed by atoms with Crippen molar-refractivity contribution >= 4 is 10.0 Å². The molecule has 0 aliphatic heterocycles. The first-order valence-electron chi connectivity index (χ1n) is 11.7. The maximum Gasteiger partial charge on any atom is 0.333 e. The van der Waals surface area contributed by atoms with Crippen LogP contribution in [0.25, 0.3) is 16.8 Å². The number of rotatable bonds is 6. The van der Waals surface area contributed by atoms with Gasteiger partial charge in [0.15, 0.2) is 5.82 Å². The number of fused-ring (bicyclic) bond motifs is 1. The highest BCUT2D eigenvalue weighted by Crippen LogP contribution is 2.46. The van der Waals surface area contributed by atoms with E-state index in [4.69, 9.17) is 4.74 Å². The Bertz CT molecular complexity index is 1610. The fraction of sp³-hybridized carbons (Fsp3) is 0.385. The zero-order valence-electron chi connectivity index (χ0n) is 21.2. The Kier molecular flexibility index (Phi) is 6.66. The standard InChI is InChI=1S/C26H29F2N3O5S/c1-25(2,3)18-13-19(31-11-9-20(32)30-24(31)33)22(27)21(23(18)36-4)16-6-7-17-15(12-16)8-10-26(17,28)14-29-37(5,34)35/h6-7,9,11-13,29H,8,10,14H2,1-5H3,(H,30,32,33). The lowest BCUT2D eigenvalue weighted by Crippen LogP contribution is -2.35. The summed E-state index contributed by atoms with van der Waals surface area (Å²) in [6.45, 7) is 5.36. The van der Waals surface area contributed by atoms with Crippen molar-refractivity contribution < 1.29 is 21.9 Å². The van der Waals surface area contributed by atoms with Crippen molar-refractivity contribution in [2.75, 3.05) is 19.9 Å². The predicted octanol–water partition coefficient (Wildman–Crippen LogP) is 3.30. The molecule has 3 aromatic rings. The van der Waals surface area contributed by atoms with Gasteiger partial charge < -0.3 is 4.74 Å². The SMILES string of the molecule is COc1c(C(C)(C)C)cc(-n2ccc(=O)[nH]c2=O)c(F)c1-c1ccc2c(c1)CCC2(F)CNS(C)(=O)=O. The third-order valence-electron chi connectivity index (χ3n) is 6.57. The first kappa shape index (κ1) is 26.7. The van der Waals surface area contributed by atoms with E-state index in [0.29, 0.717) is 28.7 Å². The molecule has 1 aliphatic carbocycles. The Balaban J connectivity index is 1.94. The van der Waals surface area contributed by atoms with Gasteiger partial charge in [-0.3, -0.25) is 14.3 Å². The molecule has 8 nitrogen and oxygen atoms in total. The van der Waals surface area contributed by atoms with E-state index < -0.39 is 44.7 Å². The monoisotopic (exact) mass is 533 g/mol. The van der Waals surface area contributed by atoms with Crippen LogP contribution in [0, 0.1) is 5.82 Å². The highest BCUT2D eigenvalue weighted by molar-refractivity contribution is 7.88. The summed E-state index contributed by atoms with van der Waals surface area (Å²) in [4.78, 5) is 26.3. The van der Waals surface area contributed by atoms with Gasteiger partial charge in [0.25, 0.3) is 5.56 Å². The van der Waals surface area contributed by atoms with Gasteiger partial charge in [0.2, 0.25) is 10.0 Å². The van der Waals surface area contributed by atoms with E-state index in [2.05, 4.69) is 9.71 Å². The molecule has 1 aliphatic rings. The minimum atomic E-state index is -3.58. The van der Waals surface area contributed by atoms with Gasteiger partial charge in [-0.15, -0.1) is 0 Å². The Hall–Kier alpha value is -3.31. The zero-order valence-corrected chi connectivity index (χ0v) is 22.1. The summed E-state index contributed by atoms with van der Waals surface area (Å²) in [6.07, 6.45) is 2.59. The molecule has 1 heterocycles. The molecule has 0 amide bonds. The number of alkyl halides is 1. The lowest BCUT2D eigenvalue weighted by molar-refractivity contribution is 0.171. The number of halogens is 2. The minimum absolute atomic E-state index is 0.0698. The molecule has 2 N–H and O–H groups in total. The Labute approximate surface area is 213 Å². The summed E-state index contributed by atoms with van der Waals surface area (Å²) in [6, 6.07) is 7.42. The maximum atomic E-state index is 16.2. The molecule has 0 saturated heterocycles. The van der Waals surface area contributed by atoms with Crippen LogP contribution in [0.5, 0.6) is 5.75 Å². The molecule has 0 radical (unpaired) electrons. The predicted molar refractivity (Wildman–Crippen MR) is 137 cm³/mol.